The first-order valence-corrected chi connectivity index (χ1v) is 11.6. The first kappa shape index (κ1) is 19.1. The van der Waals surface area contributed by atoms with Crippen molar-refractivity contribution in [3.8, 4) is 0 Å². The van der Waals surface area contributed by atoms with Gasteiger partial charge in [-0.3, -0.25) is 10.2 Å². The van der Waals surface area contributed by atoms with Crippen molar-refractivity contribution in [2.75, 3.05) is 10.6 Å². The van der Waals surface area contributed by atoms with Crippen LogP contribution < -0.4 is 10.6 Å². The molecule has 0 spiro atoms. The van der Waals surface area contributed by atoms with Crippen LogP contribution in [0.5, 0.6) is 0 Å². The van der Waals surface area contributed by atoms with Gasteiger partial charge in [0.1, 0.15) is 11.5 Å². The molecule has 0 atom stereocenters. The third kappa shape index (κ3) is 3.33. The van der Waals surface area contributed by atoms with Crippen LogP contribution in [0.2, 0.25) is 0 Å². The Balaban J connectivity index is 1.26. The Morgan fingerprint density at radius 3 is 2.50 bits per heavy atom. The van der Waals surface area contributed by atoms with Gasteiger partial charge in [0.15, 0.2) is 0 Å². The summed E-state index contributed by atoms with van der Waals surface area (Å²) in [7, 11) is 0. The minimum atomic E-state index is 0.455. The van der Waals surface area contributed by atoms with Gasteiger partial charge in [0.05, 0.1) is 28.8 Å². The molecule has 7 rings (SSSR count). The molecule has 1 aliphatic carbocycles. The van der Waals surface area contributed by atoms with Crippen molar-refractivity contribution in [3.63, 3.8) is 0 Å². The van der Waals surface area contributed by atoms with Gasteiger partial charge in [-0.2, -0.15) is 20.2 Å². The van der Waals surface area contributed by atoms with E-state index in [2.05, 4.69) is 54.2 Å². The number of nitrogens with one attached hydrogen (secondary N) is 5. The van der Waals surface area contributed by atoms with Crippen molar-refractivity contribution in [2.24, 2.45) is 0 Å². The molecule has 5 N–H and O–H groups in total. The van der Waals surface area contributed by atoms with Crippen molar-refractivity contribution >= 4 is 50.3 Å². The zero-order valence-corrected chi connectivity index (χ0v) is 18.4. The maximum absolute atomic E-state index is 4.91. The molecule has 1 fully saturated rings. The normalized spacial score (nSPS) is 14.1. The molecule has 0 aliphatic heterocycles. The highest BCUT2D eigenvalue weighted by atomic mass is 15.2. The van der Waals surface area contributed by atoms with Gasteiger partial charge < -0.3 is 15.6 Å². The molecule has 168 valence electrons. The van der Waals surface area contributed by atoms with Gasteiger partial charge in [-0.1, -0.05) is 12.1 Å². The van der Waals surface area contributed by atoms with Gasteiger partial charge >= 0.3 is 0 Å². The number of anilines is 3. The number of fused-ring (bicyclic) bond motifs is 3. The third-order valence-electron chi connectivity index (χ3n) is 6.66. The molecule has 0 amide bonds. The van der Waals surface area contributed by atoms with E-state index in [4.69, 9.17) is 9.97 Å². The summed E-state index contributed by atoms with van der Waals surface area (Å²) in [5.41, 5.74) is 6.12. The summed E-state index contributed by atoms with van der Waals surface area (Å²) in [5, 5.41) is 24.6. The SMILES string of the molecule is c1cc2cn[nH]c2cc1Cc1c[nH]c2nc(Nc3ccc4cn[nH]c4c3)nc(NC3CCC3)c12. The maximum atomic E-state index is 4.91. The van der Waals surface area contributed by atoms with Crippen LogP contribution in [-0.2, 0) is 6.42 Å². The first-order valence-electron chi connectivity index (χ1n) is 11.6. The van der Waals surface area contributed by atoms with Gasteiger partial charge in [0, 0.05) is 28.7 Å². The van der Waals surface area contributed by atoms with Crippen molar-refractivity contribution in [2.45, 2.75) is 31.7 Å². The fourth-order valence-electron chi connectivity index (χ4n) is 4.60. The summed E-state index contributed by atoms with van der Waals surface area (Å²) >= 11 is 0. The Labute approximate surface area is 194 Å². The summed E-state index contributed by atoms with van der Waals surface area (Å²) in [4.78, 5) is 13.1. The van der Waals surface area contributed by atoms with Crippen LogP contribution in [0.25, 0.3) is 32.8 Å². The molecule has 0 saturated heterocycles. The number of hydrogen-bond donors (Lipinski definition) is 5. The van der Waals surface area contributed by atoms with Gasteiger partial charge in [0.25, 0.3) is 0 Å². The molecule has 4 heterocycles. The van der Waals surface area contributed by atoms with Crippen molar-refractivity contribution in [1.29, 1.82) is 0 Å². The Morgan fingerprint density at radius 2 is 1.71 bits per heavy atom. The zero-order chi connectivity index (χ0) is 22.5. The number of rotatable bonds is 6. The standard InChI is InChI=1S/C25H23N9/c1-2-18(3-1)29-24-22-17(8-14-4-5-15-12-27-33-20(15)9-14)11-26-23(22)31-25(32-24)30-19-7-6-16-13-28-34-21(16)10-19/h4-7,9-13,18H,1-3,8H2,(H,27,33)(H,28,34)(H3,26,29,30,31,32). The fourth-order valence-corrected chi connectivity index (χ4v) is 4.60. The lowest BCUT2D eigenvalue weighted by atomic mass is 9.93. The largest absolute Gasteiger partial charge is 0.367 e. The Bertz CT molecular complexity index is 1640. The number of aromatic nitrogens is 7. The van der Waals surface area contributed by atoms with Gasteiger partial charge in [-0.15, -0.1) is 0 Å². The average Bonchev–Trinajstić information content (AvgIpc) is 3.55. The first-order chi connectivity index (χ1) is 16.8. The van der Waals surface area contributed by atoms with E-state index >= 15 is 0 Å². The van der Waals surface area contributed by atoms with Crippen LogP contribution in [-0.4, -0.2) is 41.4 Å². The lowest BCUT2D eigenvalue weighted by Gasteiger charge is -2.27. The molecule has 6 aromatic rings. The molecule has 2 aromatic carbocycles. The van der Waals surface area contributed by atoms with Crippen LogP contribution in [0.15, 0.2) is 55.0 Å². The molecule has 0 radical (unpaired) electrons. The van der Waals surface area contributed by atoms with Gasteiger partial charge in [-0.05, 0) is 61.1 Å². The molecular formula is C25H23N9. The van der Waals surface area contributed by atoms with E-state index in [1.54, 1.807) is 0 Å². The Hall–Kier alpha value is -4.40. The minimum Gasteiger partial charge on any atom is -0.367 e. The van der Waals surface area contributed by atoms with E-state index in [0.29, 0.717) is 12.0 Å². The van der Waals surface area contributed by atoms with Crippen molar-refractivity contribution in [3.05, 3.63) is 66.1 Å². The number of hydrogen-bond acceptors (Lipinski definition) is 6. The fraction of sp³-hybridized carbons (Fsp3) is 0.200. The highest BCUT2D eigenvalue weighted by Crippen LogP contribution is 2.32. The highest BCUT2D eigenvalue weighted by Gasteiger charge is 2.21. The van der Waals surface area contributed by atoms with Crippen molar-refractivity contribution < 1.29 is 0 Å². The third-order valence-corrected chi connectivity index (χ3v) is 6.66. The molecular weight excluding hydrogens is 426 g/mol. The summed E-state index contributed by atoms with van der Waals surface area (Å²) in [6, 6.07) is 12.9. The van der Waals surface area contributed by atoms with Crippen LogP contribution in [0.4, 0.5) is 17.5 Å². The topological polar surface area (TPSA) is 123 Å². The summed E-state index contributed by atoms with van der Waals surface area (Å²) in [5.74, 6) is 1.43. The lowest BCUT2D eigenvalue weighted by Crippen LogP contribution is -2.27. The quantitative estimate of drug-likeness (QED) is 0.244. The number of aromatic amines is 3. The number of nitrogens with zero attached hydrogens (tertiary/aromatic N) is 4. The minimum absolute atomic E-state index is 0.455. The van der Waals surface area contributed by atoms with Crippen LogP contribution in [0.1, 0.15) is 30.4 Å². The molecule has 1 saturated carbocycles. The van der Waals surface area contributed by atoms with E-state index in [-0.39, 0.29) is 0 Å². The molecule has 34 heavy (non-hydrogen) atoms. The average molecular weight is 450 g/mol. The van der Waals surface area contributed by atoms with E-state index in [1.165, 1.54) is 30.4 Å². The molecule has 4 aromatic heterocycles. The smallest absolute Gasteiger partial charge is 0.231 e. The molecule has 0 bridgehead atoms. The summed E-state index contributed by atoms with van der Waals surface area (Å²) in [6.07, 6.45) is 10.1. The Morgan fingerprint density at radius 1 is 0.912 bits per heavy atom. The second-order valence-electron chi connectivity index (χ2n) is 8.97. The predicted octanol–water partition coefficient (Wildman–Crippen LogP) is 5.01. The van der Waals surface area contributed by atoms with E-state index in [0.717, 1.165) is 50.8 Å². The summed E-state index contributed by atoms with van der Waals surface area (Å²) in [6.45, 7) is 0. The zero-order valence-electron chi connectivity index (χ0n) is 18.4. The van der Waals surface area contributed by atoms with E-state index in [1.807, 2.05) is 36.8 Å². The number of benzene rings is 2. The van der Waals surface area contributed by atoms with E-state index < -0.39 is 0 Å². The van der Waals surface area contributed by atoms with Crippen molar-refractivity contribution in [1.82, 2.24) is 35.3 Å². The van der Waals surface area contributed by atoms with Gasteiger partial charge in [-0.25, -0.2) is 0 Å². The second kappa shape index (κ2) is 7.58. The predicted molar refractivity (Wildman–Crippen MR) is 133 cm³/mol. The monoisotopic (exact) mass is 449 g/mol. The van der Waals surface area contributed by atoms with Crippen LogP contribution in [0, 0.1) is 0 Å². The molecule has 0 unspecified atom stereocenters. The second-order valence-corrected chi connectivity index (χ2v) is 8.97. The lowest BCUT2D eigenvalue weighted by molar-refractivity contribution is 0.445. The van der Waals surface area contributed by atoms with E-state index in [9.17, 15) is 0 Å². The van der Waals surface area contributed by atoms with Crippen LogP contribution in [0.3, 0.4) is 0 Å². The Kier molecular flexibility index (Phi) is 4.26. The van der Waals surface area contributed by atoms with Crippen LogP contribution >= 0.6 is 0 Å². The molecule has 9 heteroatoms. The van der Waals surface area contributed by atoms with Gasteiger partial charge in [0.2, 0.25) is 5.95 Å². The molecule has 1 aliphatic rings. The molecule has 9 nitrogen and oxygen atoms in total. The highest BCUT2D eigenvalue weighted by molar-refractivity contribution is 5.92. The maximum Gasteiger partial charge on any atom is 0.231 e. The summed E-state index contributed by atoms with van der Waals surface area (Å²) < 4.78 is 0. The number of H-pyrrole nitrogens is 3.